The summed E-state index contributed by atoms with van der Waals surface area (Å²) in [5, 5.41) is 10.9. The largest absolute Gasteiger partial charge is 0.494 e. The number of nitrogens with zero attached hydrogens (tertiary/aromatic N) is 2. The molecule has 0 aliphatic heterocycles. The van der Waals surface area contributed by atoms with E-state index in [1.807, 2.05) is 24.3 Å². The van der Waals surface area contributed by atoms with Crippen molar-refractivity contribution >= 4 is 12.1 Å². The Balaban J connectivity index is 1.45. The molecular weight excluding hydrogens is 316 g/mol. The first-order chi connectivity index (χ1) is 12.3. The van der Waals surface area contributed by atoms with Gasteiger partial charge in [0, 0.05) is 11.6 Å². The summed E-state index contributed by atoms with van der Waals surface area (Å²) in [4.78, 5) is 12.0. The van der Waals surface area contributed by atoms with Crippen molar-refractivity contribution in [3.05, 3.63) is 47.3 Å². The van der Waals surface area contributed by atoms with Gasteiger partial charge in [0.1, 0.15) is 5.75 Å². The molecule has 2 N–H and O–H groups in total. The highest BCUT2D eigenvalue weighted by Gasteiger charge is 2.26. The molecule has 1 aliphatic rings. The van der Waals surface area contributed by atoms with E-state index in [4.69, 9.17) is 4.74 Å². The SMILES string of the molecule is CCCCCOc1ccc(C=NNC(=O)c2cc(C3CC3)[nH]n2)cc1. The second-order valence-corrected chi connectivity index (χ2v) is 6.31. The standard InChI is InChI=1S/C19H24N4O2/c1-2-3-4-11-25-16-9-5-14(6-10-16)13-20-23-19(24)18-12-17(21-22-18)15-7-8-15/h5-6,9-10,12-13,15H,2-4,7-8,11H2,1H3,(H,21,22)(H,23,24). The van der Waals surface area contributed by atoms with Crippen molar-refractivity contribution in [1.29, 1.82) is 0 Å². The number of H-pyrrole nitrogens is 1. The smallest absolute Gasteiger partial charge is 0.291 e. The molecule has 0 spiro atoms. The fourth-order valence-electron chi connectivity index (χ4n) is 2.47. The first-order valence-electron chi connectivity index (χ1n) is 8.88. The number of hydrazone groups is 1. The second-order valence-electron chi connectivity index (χ2n) is 6.31. The van der Waals surface area contributed by atoms with Gasteiger partial charge in [0.15, 0.2) is 5.69 Å². The monoisotopic (exact) mass is 340 g/mol. The molecule has 1 saturated carbocycles. The quantitative estimate of drug-likeness (QED) is 0.416. The van der Waals surface area contributed by atoms with Crippen LogP contribution in [0.2, 0.25) is 0 Å². The van der Waals surface area contributed by atoms with Crippen LogP contribution in [0.5, 0.6) is 5.75 Å². The molecule has 1 aliphatic carbocycles. The Morgan fingerprint density at radius 2 is 2.16 bits per heavy atom. The lowest BCUT2D eigenvalue weighted by atomic mass is 10.2. The molecule has 6 heteroatoms. The average Bonchev–Trinajstić information content (AvgIpc) is 3.36. The zero-order chi connectivity index (χ0) is 17.5. The van der Waals surface area contributed by atoms with E-state index in [-0.39, 0.29) is 5.91 Å². The van der Waals surface area contributed by atoms with E-state index in [0.717, 1.165) is 30.0 Å². The fraction of sp³-hybridized carbons (Fsp3) is 0.421. The van der Waals surface area contributed by atoms with Crippen molar-refractivity contribution in [2.75, 3.05) is 6.61 Å². The van der Waals surface area contributed by atoms with Crippen molar-refractivity contribution in [3.8, 4) is 5.75 Å². The maximum atomic E-state index is 12.0. The summed E-state index contributed by atoms with van der Waals surface area (Å²) in [6.45, 7) is 2.91. The summed E-state index contributed by atoms with van der Waals surface area (Å²) in [5.74, 6) is 1.08. The maximum absolute atomic E-state index is 12.0. The van der Waals surface area contributed by atoms with Crippen LogP contribution in [0.3, 0.4) is 0 Å². The summed E-state index contributed by atoms with van der Waals surface area (Å²) in [6.07, 6.45) is 7.38. The third-order valence-electron chi connectivity index (χ3n) is 4.12. The van der Waals surface area contributed by atoms with Crippen molar-refractivity contribution < 1.29 is 9.53 Å². The Bertz CT molecular complexity index is 717. The van der Waals surface area contributed by atoms with Gasteiger partial charge in [0.2, 0.25) is 0 Å². The molecule has 1 heterocycles. The number of ether oxygens (including phenoxy) is 1. The highest BCUT2D eigenvalue weighted by Crippen LogP contribution is 2.38. The first-order valence-corrected chi connectivity index (χ1v) is 8.88. The van der Waals surface area contributed by atoms with Crippen LogP contribution in [0.25, 0.3) is 0 Å². The molecule has 25 heavy (non-hydrogen) atoms. The fourth-order valence-corrected chi connectivity index (χ4v) is 2.47. The number of rotatable bonds is 9. The van der Waals surface area contributed by atoms with Crippen LogP contribution >= 0.6 is 0 Å². The molecule has 0 unspecified atom stereocenters. The van der Waals surface area contributed by atoms with Crippen LogP contribution in [-0.2, 0) is 0 Å². The van der Waals surface area contributed by atoms with E-state index in [9.17, 15) is 4.79 Å². The van der Waals surface area contributed by atoms with Gasteiger partial charge in [-0.05, 0) is 55.2 Å². The average molecular weight is 340 g/mol. The van der Waals surface area contributed by atoms with Gasteiger partial charge in [-0.3, -0.25) is 9.89 Å². The Morgan fingerprint density at radius 3 is 2.88 bits per heavy atom. The molecule has 0 atom stereocenters. The van der Waals surface area contributed by atoms with Crippen molar-refractivity contribution in [3.63, 3.8) is 0 Å². The number of carbonyl (C=O) groups is 1. The lowest BCUT2D eigenvalue weighted by molar-refractivity contribution is 0.0950. The minimum absolute atomic E-state index is 0.310. The molecule has 0 saturated heterocycles. The van der Waals surface area contributed by atoms with Crippen molar-refractivity contribution in [2.45, 2.75) is 44.9 Å². The summed E-state index contributed by atoms with van der Waals surface area (Å²) in [6, 6.07) is 9.43. The van der Waals surface area contributed by atoms with Crippen LogP contribution in [-0.4, -0.2) is 28.9 Å². The molecular formula is C19H24N4O2. The third kappa shape index (κ3) is 5.17. The molecule has 132 valence electrons. The van der Waals surface area contributed by atoms with Gasteiger partial charge in [-0.25, -0.2) is 5.43 Å². The molecule has 6 nitrogen and oxygen atoms in total. The Hall–Kier alpha value is -2.63. The normalized spacial score (nSPS) is 14.0. The van der Waals surface area contributed by atoms with Gasteiger partial charge in [0.05, 0.1) is 12.8 Å². The van der Waals surface area contributed by atoms with Gasteiger partial charge in [-0.1, -0.05) is 19.8 Å². The molecule has 1 aromatic carbocycles. The molecule has 0 bridgehead atoms. The van der Waals surface area contributed by atoms with E-state index in [1.165, 1.54) is 25.7 Å². The molecule has 1 amide bonds. The van der Waals surface area contributed by atoms with Crippen LogP contribution in [0.1, 0.15) is 66.7 Å². The van der Waals surface area contributed by atoms with Gasteiger partial charge in [-0.2, -0.15) is 10.2 Å². The number of amides is 1. The lowest BCUT2D eigenvalue weighted by Crippen LogP contribution is -2.18. The number of hydrogen-bond donors (Lipinski definition) is 2. The molecule has 2 aromatic rings. The number of unbranched alkanes of at least 4 members (excludes halogenated alkanes) is 2. The number of benzene rings is 1. The van der Waals surface area contributed by atoms with Crippen LogP contribution < -0.4 is 10.2 Å². The number of carbonyl (C=O) groups excluding carboxylic acids is 1. The predicted octanol–water partition coefficient (Wildman–Crippen LogP) is 3.62. The zero-order valence-electron chi connectivity index (χ0n) is 14.5. The number of hydrogen-bond acceptors (Lipinski definition) is 4. The first kappa shape index (κ1) is 17.2. The van der Waals surface area contributed by atoms with E-state index in [2.05, 4.69) is 27.6 Å². The van der Waals surface area contributed by atoms with Gasteiger partial charge in [0.25, 0.3) is 5.91 Å². The predicted molar refractivity (Wildman–Crippen MR) is 97.1 cm³/mol. The van der Waals surface area contributed by atoms with Crippen LogP contribution in [0, 0.1) is 0 Å². The van der Waals surface area contributed by atoms with Crippen LogP contribution in [0.4, 0.5) is 0 Å². The van der Waals surface area contributed by atoms with Crippen molar-refractivity contribution in [2.24, 2.45) is 5.10 Å². The minimum atomic E-state index is -0.310. The van der Waals surface area contributed by atoms with Gasteiger partial charge in [-0.15, -0.1) is 0 Å². The van der Waals surface area contributed by atoms with Gasteiger partial charge >= 0.3 is 0 Å². The summed E-state index contributed by atoms with van der Waals surface area (Å²) in [7, 11) is 0. The number of aromatic amines is 1. The zero-order valence-corrected chi connectivity index (χ0v) is 14.5. The number of aromatic nitrogens is 2. The summed E-state index contributed by atoms with van der Waals surface area (Å²) in [5.41, 5.74) is 4.79. The second kappa shape index (κ2) is 8.46. The van der Waals surface area contributed by atoms with E-state index >= 15 is 0 Å². The van der Waals surface area contributed by atoms with E-state index in [1.54, 1.807) is 12.3 Å². The Labute approximate surface area is 147 Å². The maximum Gasteiger partial charge on any atom is 0.291 e. The molecule has 0 radical (unpaired) electrons. The van der Waals surface area contributed by atoms with E-state index < -0.39 is 0 Å². The highest BCUT2D eigenvalue weighted by atomic mass is 16.5. The summed E-state index contributed by atoms with van der Waals surface area (Å²) < 4.78 is 5.66. The van der Waals surface area contributed by atoms with Crippen molar-refractivity contribution in [1.82, 2.24) is 15.6 Å². The molecule has 1 fully saturated rings. The minimum Gasteiger partial charge on any atom is -0.494 e. The highest BCUT2D eigenvalue weighted by molar-refractivity contribution is 5.93. The summed E-state index contributed by atoms with van der Waals surface area (Å²) >= 11 is 0. The Kier molecular flexibility index (Phi) is 5.82. The lowest BCUT2D eigenvalue weighted by Gasteiger charge is -2.05. The molecule has 1 aromatic heterocycles. The third-order valence-corrected chi connectivity index (χ3v) is 4.12. The van der Waals surface area contributed by atoms with Crippen LogP contribution in [0.15, 0.2) is 35.4 Å². The van der Waals surface area contributed by atoms with E-state index in [0.29, 0.717) is 11.6 Å². The molecule has 3 rings (SSSR count). The topological polar surface area (TPSA) is 79.4 Å². The Morgan fingerprint density at radius 1 is 1.36 bits per heavy atom. The number of nitrogens with one attached hydrogen (secondary N) is 2. The van der Waals surface area contributed by atoms with Gasteiger partial charge < -0.3 is 4.74 Å².